The van der Waals surface area contributed by atoms with Crippen LogP contribution in [0.1, 0.15) is 12.8 Å². The van der Waals surface area contributed by atoms with Gasteiger partial charge in [-0.05, 0) is 31.0 Å². The molecule has 19 heavy (non-hydrogen) atoms. The molecule has 1 amide bonds. The summed E-state index contributed by atoms with van der Waals surface area (Å²) in [7, 11) is 0. The molecule has 2 N–H and O–H groups in total. The summed E-state index contributed by atoms with van der Waals surface area (Å²) < 4.78 is 18.6. The van der Waals surface area contributed by atoms with Crippen LogP contribution in [-0.4, -0.2) is 31.7 Å². The number of carbonyl (C=O) groups excluding carboxylic acids is 1. The molecular formula is C13H16ClFN2O2. The highest BCUT2D eigenvalue weighted by molar-refractivity contribution is 6.30. The number of hydrogen-bond acceptors (Lipinski definition) is 3. The Balaban J connectivity index is 1.81. The van der Waals surface area contributed by atoms with Gasteiger partial charge in [0.05, 0.1) is 12.2 Å². The normalized spacial score (nSPS) is 16.1. The van der Waals surface area contributed by atoms with Crippen LogP contribution in [0.4, 0.5) is 10.1 Å². The Hall–Kier alpha value is -1.33. The molecule has 1 aliphatic rings. The molecule has 0 aliphatic carbocycles. The van der Waals surface area contributed by atoms with Gasteiger partial charge in [-0.2, -0.15) is 0 Å². The maximum atomic E-state index is 13.4. The molecule has 0 saturated carbocycles. The molecule has 4 nitrogen and oxygen atoms in total. The Labute approximate surface area is 116 Å². The molecule has 0 aromatic heterocycles. The van der Waals surface area contributed by atoms with Gasteiger partial charge >= 0.3 is 0 Å². The Morgan fingerprint density at radius 2 is 2.16 bits per heavy atom. The summed E-state index contributed by atoms with van der Waals surface area (Å²) in [5.41, 5.74) is 0.231. The molecular weight excluding hydrogens is 271 g/mol. The van der Waals surface area contributed by atoms with Gasteiger partial charge in [0.25, 0.3) is 0 Å². The van der Waals surface area contributed by atoms with E-state index in [0.29, 0.717) is 18.2 Å². The summed E-state index contributed by atoms with van der Waals surface area (Å²) in [5, 5.41) is 6.05. The van der Waals surface area contributed by atoms with E-state index >= 15 is 0 Å². The first-order valence-corrected chi connectivity index (χ1v) is 6.59. The largest absolute Gasteiger partial charge is 0.381 e. The number of nitrogens with one attached hydrogen (secondary N) is 2. The van der Waals surface area contributed by atoms with Gasteiger partial charge in [-0.3, -0.25) is 4.79 Å². The van der Waals surface area contributed by atoms with E-state index in [2.05, 4.69) is 10.6 Å². The van der Waals surface area contributed by atoms with E-state index in [1.165, 1.54) is 18.2 Å². The first-order valence-electron chi connectivity index (χ1n) is 6.21. The van der Waals surface area contributed by atoms with Crippen molar-refractivity contribution in [3.05, 3.63) is 29.0 Å². The number of halogens is 2. The molecule has 0 bridgehead atoms. The molecule has 0 unspecified atom stereocenters. The van der Waals surface area contributed by atoms with Crippen molar-refractivity contribution >= 4 is 23.2 Å². The third kappa shape index (κ3) is 4.36. The van der Waals surface area contributed by atoms with Gasteiger partial charge in [-0.25, -0.2) is 4.39 Å². The highest BCUT2D eigenvalue weighted by Gasteiger charge is 2.16. The molecule has 1 fully saturated rings. The van der Waals surface area contributed by atoms with Crippen LogP contribution < -0.4 is 10.6 Å². The molecule has 2 rings (SSSR count). The minimum atomic E-state index is -0.428. The zero-order valence-corrected chi connectivity index (χ0v) is 11.2. The number of benzene rings is 1. The smallest absolute Gasteiger partial charge is 0.239 e. The third-order valence-corrected chi connectivity index (χ3v) is 3.19. The Kier molecular flexibility index (Phi) is 4.99. The lowest BCUT2D eigenvalue weighted by atomic mass is 10.1. The Morgan fingerprint density at radius 1 is 1.42 bits per heavy atom. The molecule has 1 saturated heterocycles. The maximum absolute atomic E-state index is 13.4. The average Bonchev–Trinajstić information content (AvgIpc) is 2.41. The molecule has 0 atom stereocenters. The maximum Gasteiger partial charge on any atom is 0.239 e. The zero-order valence-electron chi connectivity index (χ0n) is 10.4. The average molecular weight is 287 g/mol. The van der Waals surface area contributed by atoms with Crippen LogP contribution in [-0.2, 0) is 9.53 Å². The van der Waals surface area contributed by atoms with Gasteiger partial charge in [-0.1, -0.05) is 11.6 Å². The van der Waals surface area contributed by atoms with Gasteiger partial charge in [0.15, 0.2) is 0 Å². The summed E-state index contributed by atoms with van der Waals surface area (Å²) in [5.74, 6) is -0.588. The van der Waals surface area contributed by atoms with E-state index < -0.39 is 5.82 Å². The van der Waals surface area contributed by atoms with Gasteiger partial charge in [-0.15, -0.1) is 0 Å². The van der Waals surface area contributed by atoms with Crippen molar-refractivity contribution in [1.29, 1.82) is 0 Å². The van der Waals surface area contributed by atoms with Gasteiger partial charge < -0.3 is 15.4 Å². The van der Waals surface area contributed by atoms with Crippen LogP contribution in [0.5, 0.6) is 0 Å². The van der Waals surface area contributed by atoms with E-state index in [9.17, 15) is 9.18 Å². The third-order valence-electron chi connectivity index (χ3n) is 2.95. The summed E-state index contributed by atoms with van der Waals surface area (Å²) >= 11 is 5.77. The quantitative estimate of drug-likeness (QED) is 0.892. The minimum Gasteiger partial charge on any atom is -0.381 e. The zero-order chi connectivity index (χ0) is 13.7. The van der Waals surface area contributed by atoms with Gasteiger partial charge in [0.2, 0.25) is 5.91 Å². The predicted molar refractivity (Wildman–Crippen MR) is 71.9 cm³/mol. The summed E-state index contributed by atoms with van der Waals surface area (Å²) in [6, 6.07) is 4.33. The molecule has 1 aliphatic heterocycles. The SMILES string of the molecule is O=C(CNc1cc(Cl)ccc1F)NC1CCOCC1. The van der Waals surface area contributed by atoms with Crippen molar-refractivity contribution in [3.63, 3.8) is 0 Å². The van der Waals surface area contributed by atoms with E-state index in [1.807, 2.05) is 0 Å². The van der Waals surface area contributed by atoms with E-state index in [0.717, 1.165) is 12.8 Å². The first-order chi connectivity index (χ1) is 9.15. The van der Waals surface area contributed by atoms with E-state index in [-0.39, 0.29) is 24.2 Å². The second-order valence-corrected chi connectivity index (χ2v) is 4.87. The lowest BCUT2D eigenvalue weighted by Gasteiger charge is -2.23. The van der Waals surface area contributed by atoms with Crippen molar-refractivity contribution < 1.29 is 13.9 Å². The van der Waals surface area contributed by atoms with Crippen LogP contribution in [0.3, 0.4) is 0 Å². The number of rotatable bonds is 4. The topological polar surface area (TPSA) is 50.4 Å². The van der Waals surface area contributed by atoms with Gasteiger partial charge in [0, 0.05) is 24.3 Å². The molecule has 0 radical (unpaired) electrons. The van der Waals surface area contributed by atoms with E-state index in [1.54, 1.807) is 0 Å². The van der Waals surface area contributed by atoms with Crippen molar-refractivity contribution in [1.82, 2.24) is 5.32 Å². The van der Waals surface area contributed by atoms with Crippen LogP contribution in [0, 0.1) is 5.82 Å². The number of amides is 1. The number of ether oxygens (including phenoxy) is 1. The van der Waals surface area contributed by atoms with Crippen molar-refractivity contribution in [2.75, 3.05) is 25.1 Å². The molecule has 1 heterocycles. The predicted octanol–water partition coefficient (Wildman–Crippen LogP) is 2.19. The molecule has 6 heteroatoms. The minimum absolute atomic E-state index is 0.0224. The first kappa shape index (κ1) is 14.1. The molecule has 104 valence electrons. The lowest BCUT2D eigenvalue weighted by molar-refractivity contribution is -0.120. The summed E-state index contributed by atoms with van der Waals surface area (Å²) in [4.78, 5) is 11.7. The second-order valence-electron chi connectivity index (χ2n) is 4.43. The fourth-order valence-corrected chi connectivity index (χ4v) is 2.10. The van der Waals surface area contributed by atoms with Crippen LogP contribution in [0.2, 0.25) is 5.02 Å². The monoisotopic (exact) mass is 286 g/mol. The van der Waals surface area contributed by atoms with Crippen molar-refractivity contribution in [2.45, 2.75) is 18.9 Å². The van der Waals surface area contributed by atoms with Crippen LogP contribution >= 0.6 is 11.6 Å². The van der Waals surface area contributed by atoms with Crippen molar-refractivity contribution in [2.24, 2.45) is 0 Å². The molecule has 1 aromatic carbocycles. The van der Waals surface area contributed by atoms with Crippen LogP contribution in [0.25, 0.3) is 0 Å². The van der Waals surface area contributed by atoms with Gasteiger partial charge in [0.1, 0.15) is 5.82 Å². The number of hydrogen-bond donors (Lipinski definition) is 2. The number of carbonyl (C=O) groups is 1. The van der Waals surface area contributed by atoms with Crippen LogP contribution in [0.15, 0.2) is 18.2 Å². The Bertz CT molecular complexity index is 450. The fraction of sp³-hybridized carbons (Fsp3) is 0.462. The van der Waals surface area contributed by atoms with E-state index in [4.69, 9.17) is 16.3 Å². The highest BCUT2D eigenvalue weighted by Crippen LogP contribution is 2.19. The highest BCUT2D eigenvalue weighted by atomic mass is 35.5. The fourth-order valence-electron chi connectivity index (χ4n) is 1.93. The molecule has 0 spiro atoms. The lowest BCUT2D eigenvalue weighted by Crippen LogP contribution is -2.41. The second kappa shape index (κ2) is 6.73. The number of anilines is 1. The summed E-state index contributed by atoms with van der Waals surface area (Å²) in [6.07, 6.45) is 1.63. The van der Waals surface area contributed by atoms with Crippen molar-refractivity contribution in [3.8, 4) is 0 Å². The summed E-state index contributed by atoms with van der Waals surface area (Å²) in [6.45, 7) is 1.36. The standard InChI is InChI=1S/C13H16ClFN2O2/c14-9-1-2-11(15)12(7-9)16-8-13(18)17-10-3-5-19-6-4-10/h1-2,7,10,16H,3-6,8H2,(H,17,18). The molecule has 1 aromatic rings. The Morgan fingerprint density at radius 3 is 2.89 bits per heavy atom.